The standard InChI is InChI=1S/C19H16N2O4/c1-25-18(22)11-14-10-17(15-4-2-3-5-16(15)21-14)20-13-8-6-12(7-9-13)19(23)24/h2-10H,11H2,1H3,(H,20,21)(H,23,24). The van der Waals surface area contributed by atoms with E-state index in [2.05, 4.69) is 10.3 Å². The lowest BCUT2D eigenvalue weighted by atomic mass is 10.1. The van der Waals surface area contributed by atoms with Gasteiger partial charge in [-0.15, -0.1) is 0 Å². The number of nitrogens with one attached hydrogen (secondary N) is 1. The molecule has 0 saturated heterocycles. The third kappa shape index (κ3) is 3.74. The number of para-hydroxylation sites is 1. The fourth-order valence-corrected chi connectivity index (χ4v) is 2.50. The first-order valence-corrected chi connectivity index (χ1v) is 7.62. The van der Waals surface area contributed by atoms with Gasteiger partial charge in [0, 0.05) is 16.8 Å². The van der Waals surface area contributed by atoms with E-state index >= 15 is 0 Å². The van der Waals surface area contributed by atoms with Gasteiger partial charge in [-0.05, 0) is 36.4 Å². The van der Waals surface area contributed by atoms with Crippen LogP contribution in [0.15, 0.2) is 54.6 Å². The maximum absolute atomic E-state index is 11.5. The number of nitrogens with zero attached hydrogens (tertiary/aromatic N) is 1. The van der Waals surface area contributed by atoms with E-state index in [1.807, 2.05) is 24.3 Å². The number of aromatic carboxylic acids is 1. The lowest BCUT2D eigenvalue weighted by Crippen LogP contribution is -2.07. The summed E-state index contributed by atoms with van der Waals surface area (Å²) in [6.45, 7) is 0. The average Bonchev–Trinajstić information content (AvgIpc) is 2.62. The Hall–Kier alpha value is -3.41. The van der Waals surface area contributed by atoms with Crippen LogP contribution in [0.1, 0.15) is 16.1 Å². The number of carboxylic acids is 1. The summed E-state index contributed by atoms with van der Waals surface area (Å²) in [7, 11) is 1.34. The van der Waals surface area contributed by atoms with Crippen LogP contribution < -0.4 is 5.32 Å². The van der Waals surface area contributed by atoms with Gasteiger partial charge in [-0.3, -0.25) is 9.78 Å². The minimum Gasteiger partial charge on any atom is -0.478 e. The number of carbonyl (C=O) groups is 2. The van der Waals surface area contributed by atoms with Crippen LogP contribution in [0, 0.1) is 0 Å². The summed E-state index contributed by atoms with van der Waals surface area (Å²) in [4.78, 5) is 27.0. The molecule has 0 fully saturated rings. The molecular weight excluding hydrogens is 320 g/mol. The van der Waals surface area contributed by atoms with Gasteiger partial charge in [0.1, 0.15) is 0 Å². The molecule has 6 nitrogen and oxygen atoms in total. The maximum Gasteiger partial charge on any atom is 0.335 e. The van der Waals surface area contributed by atoms with Gasteiger partial charge in [0.25, 0.3) is 0 Å². The zero-order valence-electron chi connectivity index (χ0n) is 13.5. The Morgan fingerprint density at radius 1 is 1.12 bits per heavy atom. The molecule has 2 aromatic carbocycles. The Labute approximate surface area is 144 Å². The van der Waals surface area contributed by atoms with Gasteiger partial charge in [-0.1, -0.05) is 18.2 Å². The van der Waals surface area contributed by atoms with E-state index in [0.29, 0.717) is 5.69 Å². The van der Waals surface area contributed by atoms with Crippen molar-refractivity contribution in [1.82, 2.24) is 4.98 Å². The van der Waals surface area contributed by atoms with E-state index in [4.69, 9.17) is 9.84 Å². The normalized spacial score (nSPS) is 10.4. The topological polar surface area (TPSA) is 88.5 Å². The molecule has 2 N–H and O–H groups in total. The van der Waals surface area contributed by atoms with Crippen molar-refractivity contribution in [3.63, 3.8) is 0 Å². The number of aromatic nitrogens is 1. The van der Waals surface area contributed by atoms with Crippen LogP contribution >= 0.6 is 0 Å². The highest BCUT2D eigenvalue weighted by Crippen LogP contribution is 2.27. The van der Waals surface area contributed by atoms with E-state index in [9.17, 15) is 9.59 Å². The van der Waals surface area contributed by atoms with Crippen LogP contribution in [0.4, 0.5) is 11.4 Å². The second kappa shape index (κ2) is 7.00. The molecule has 0 saturated carbocycles. The van der Waals surface area contributed by atoms with Crippen LogP contribution in [0.5, 0.6) is 0 Å². The van der Waals surface area contributed by atoms with Crippen molar-refractivity contribution in [2.45, 2.75) is 6.42 Å². The summed E-state index contributed by atoms with van der Waals surface area (Å²) in [6, 6.07) is 15.8. The summed E-state index contributed by atoms with van der Waals surface area (Å²) in [5, 5.41) is 13.1. The molecule has 0 bridgehead atoms. The van der Waals surface area contributed by atoms with Crippen molar-refractivity contribution in [2.75, 3.05) is 12.4 Å². The molecule has 0 unspecified atom stereocenters. The van der Waals surface area contributed by atoms with E-state index in [-0.39, 0.29) is 18.0 Å². The Kier molecular flexibility index (Phi) is 4.61. The van der Waals surface area contributed by atoms with Gasteiger partial charge in [-0.2, -0.15) is 0 Å². The Morgan fingerprint density at radius 3 is 2.52 bits per heavy atom. The van der Waals surface area contributed by atoms with Gasteiger partial charge >= 0.3 is 11.9 Å². The van der Waals surface area contributed by atoms with E-state index < -0.39 is 5.97 Å². The van der Waals surface area contributed by atoms with Gasteiger partial charge in [0.15, 0.2) is 0 Å². The Morgan fingerprint density at radius 2 is 1.84 bits per heavy atom. The smallest absolute Gasteiger partial charge is 0.335 e. The summed E-state index contributed by atoms with van der Waals surface area (Å²) in [5.74, 6) is -1.33. The first kappa shape index (κ1) is 16.4. The minimum atomic E-state index is -0.971. The van der Waals surface area contributed by atoms with Gasteiger partial charge in [-0.25, -0.2) is 4.79 Å². The Bertz CT molecular complexity index is 936. The van der Waals surface area contributed by atoms with Crippen LogP contribution in [0.2, 0.25) is 0 Å². The van der Waals surface area contributed by atoms with Gasteiger partial charge < -0.3 is 15.2 Å². The number of carboxylic acid groups (broad SMARTS) is 1. The number of hydrogen-bond donors (Lipinski definition) is 2. The number of rotatable bonds is 5. The summed E-state index contributed by atoms with van der Waals surface area (Å²) in [6.07, 6.45) is 0.0773. The molecule has 3 aromatic rings. The van der Waals surface area contributed by atoms with Crippen LogP contribution in [0.3, 0.4) is 0 Å². The monoisotopic (exact) mass is 336 g/mol. The lowest BCUT2D eigenvalue weighted by molar-refractivity contribution is -0.139. The molecule has 0 spiro atoms. The highest BCUT2D eigenvalue weighted by atomic mass is 16.5. The zero-order chi connectivity index (χ0) is 17.8. The van der Waals surface area contributed by atoms with Crippen molar-refractivity contribution in [3.8, 4) is 0 Å². The molecule has 0 aliphatic heterocycles. The highest BCUT2D eigenvalue weighted by molar-refractivity contribution is 5.94. The van der Waals surface area contributed by atoms with Crippen molar-refractivity contribution in [1.29, 1.82) is 0 Å². The number of anilines is 2. The van der Waals surface area contributed by atoms with E-state index in [0.717, 1.165) is 22.3 Å². The molecular formula is C19H16N2O4. The SMILES string of the molecule is COC(=O)Cc1cc(Nc2ccc(C(=O)O)cc2)c2ccccc2n1. The number of benzene rings is 2. The fraction of sp³-hybridized carbons (Fsp3) is 0.105. The number of ether oxygens (including phenoxy) is 1. The molecule has 25 heavy (non-hydrogen) atoms. The predicted molar refractivity (Wildman–Crippen MR) is 94.1 cm³/mol. The van der Waals surface area contributed by atoms with Crippen molar-refractivity contribution in [2.24, 2.45) is 0 Å². The first-order chi connectivity index (χ1) is 12.1. The molecule has 1 heterocycles. The summed E-state index contributed by atoms with van der Waals surface area (Å²) < 4.78 is 4.70. The average molecular weight is 336 g/mol. The van der Waals surface area contributed by atoms with Crippen molar-refractivity contribution in [3.05, 3.63) is 65.9 Å². The minimum absolute atomic E-state index is 0.0773. The quantitative estimate of drug-likeness (QED) is 0.694. The molecule has 6 heteroatoms. The molecule has 1 aromatic heterocycles. The number of esters is 1. The fourth-order valence-electron chi connectivity index (χ4n) is 2.50. The second-order valence-corrected chi connectivity index (χ2v) is 5.44. The number of pyridine rings is 1. The van der Waals surface area contributed by atoms with E-state index in [1.165, 1.54) is 19.2 Å². The number of carbonyl (C=O) groups excluding carboxylic acids is 1. The van der Waals surface area contributed by atoms with E-state index in [1.54, 1.807) is 18.2 Å². The zero-order valence-corrected chi connectivity index (χ0v) is 13.5. The highest BCUT2D eigenvalue weighted by Gasteiger charge is 2.10. The number of hydrogen-bond acceptors (Lipinski definition) is 5. The van der Waals surface area contributed by atoms with Crippen LogP contribution in [-0.2, 0) is 16.0 Å². The van der Waals surface area contributed by atoms with Crippen molar-refractivity contribution < 1.29 is 19.4 Å². The summed E-state index contributed by atoms with van der Waals surface area (Å²) >= 11 is 0. The van der Waals surface area contributed by atoms with Gasteiger partial charge in [0.2, 0.25) is 0 Å². The maximum atomic E-state index is 11.5. The summed E-state index contributed by atoms with van der Waals surface area (Å²) in [5.41, 5.74) is 3.10. The molecule has 0 radical (unpaired) electrons. The van der Waals surface area contributed by atoms with Crippen molar-refractivity contribution >= 4 is 34.2 Å². The third-order valence-corrected chi connectivity index (χ3v) is 3.73. The number of fused-ring (bicyclic) bond motifs is 1. The Balaban J connectivity index is 1.98. The molecule has 0 aliphatic rings. The third-order valence-electron chi connectivity index (χ3n) is 3.73. The van der Waals surface area contributed by atoms with Gasteiger partial charge in [0.05, 0.1) is 30.3 Å². The number of methoxy groups -OCH3 is 1. The lowest BCUT2D eigenvalue weighted by Gasteiger charge is -2.12. The largest absolute Gasteiger partial charge is 0.478 e. The first-order valence-electron chi connectivity index (χ1n) is 7.62. The molecule has 0 aliphatic carbocycles. The molecule has 3 rings (SSSR count). The molecule has 0 amide bonds. The second-order valence-electron chi connectivity index (χ2n) is 5.44. The molecule has 0 atom stereocenters. The van der Waals surface area contributed by atoms with Crippen LogP contribution in [0.25, 0.3) is 10.9 Å². The van der Waals surface area contributed by atoms with Crippen LogP contribution in [-0.4, -0.2) is 29.1 Å². The predicted octanol–water partition coefficient (Wildman–Crippen LogP) is 3.39. The molecule has 126 valence electrons.